The number of nitrogen functional groups attached to an aromatic ring is 1. The molecule has 1 heterocycles. The Bertz CT molecular complexity index is 178. The summed E-state index contributed by atoms with van der Waals surface area (Å²) in [4.78, 5) is 0. The van der Waals surface area contributed by atoms with Gasteiger partial charge in [-0.1, -0.05) is 23.2 Å². The minimum atomic E-state index is 0. The van der Waals surface area contributed by atoms with Gasteiger partial charge in [-0.05, 0) is 6.07 Å². The average molecular weight is 205 g/mol. The summed E-state index contributed by atoms with van der Waals surface area (Å²) in [5, 5.41) is 0. The number of hydrogen-bond acceptors (Lipinski definition) is 2. The third-order valence-corrected chi connectivity index (χ3v) is 2.20. The molecule has 1 aromatic rings. The van der Waals surface area contributed by atoms with Crippen molar-refractivity contribution < 1.29 is 0 Å². The fourth-order valence-electron chi connectivity index (χ4n) is 0.353. The predicted octanol–water partition coefficient (Wildman–Crippen LogP) is 3.06. The smallest absolute Gasteiger partial charge is 0.117 e. The second-order valence-corrected chi connectivity index (χ2v) is 3.57. The summed E-state index contributed by atoms with van der Waals surface area (Å²) in [5.74, 6) is 0. The molecule has 0 spiro atoms. The standard InChI is InChI=1S/C4H3Cl2NS.ClH/c5-3-1-2(7)4(6)8-3;/h1H,7H2;1H. The number of thiophene rings is 1. The van der Waals surface area contributed by atoms with Crippen LogP contribution in [0.2, 0.25) is 8.67 Å². The lowest BCUT2D eigenvalue weighted by Crippen LogP contribution is -1.77. The van der Waals surface area contributed by atoms with E-state index < -0.39 is 0 Å². The van der Waals surface area contributed by atoms with Crippen molar-refractivity contribution >= 4 is 52.6 Å². The Morgan fingerprint density at radius 1 is 1.44 bits per heavy atom. The van der Waals surface area contributed by atoms with Crippen molar-refractivity contribution in [1.29, 1.82) is 0 Å². The van der Waals surface area contributed by atoms with Crippen LogP contribution in [0.5, 0.6) is 0 Å². The topological polar surface area (TPSA) is 26.0 Å². The van der Waals surface area contributed by atoms with E-state index in [1.54, 1.807) is 6.07 Å². The molecule has 0 amide bonds. The van der Waals surface area contributed by atoms with E-state index in [1.807, 2.05) is 0 Å². The number of anilines is 1. The zero-order valence-corrected chi connectivity index (χ0v) is 7.37. The van der Waals surface area contributed by atoms with Gasteiger partial charge in [0.25, 0.3) is 0 Å². The van der Waals surface area contributed by atoms with E-state index in [-0.39, 0.29) is 12.4 Å². The third kappa shape index (κ3) is 2.22. The lowest BCUT2D eigenvalue weighted by molar-refractivity contribution is 1.88. The van der Waals surface area contributed by atoms with Gasteiger partial charge in [-0.25, -0.2) is 0 Å². The first-order valence-electron chi connectivity index (χ1n) is 1.90. The van der Waals surface area contributed by atoms with Crippen molar-refractivity contribution in [3.63, 3.8) is 0 Å². The maximum Gasteiger partial charge on any atom is 0.117 e. The van der Waals surface area contributed by atoms with Gasteiger partial charge in [0.1, 0.15) is 4.34 Å². The molecule has 1 aromatic heterocycles. The van der Waals surface area contributed by atoms with Gasteiger partial charge in [-0.3, -0.25) is 0 Å². The van der Waals surface area contributed by atoms with Crippen LogP contribution in [0.4, 0.5) is 5.69 Å². The van der Waals surface area contributed by atoms with E-state index in [0.717, 1.165) is 0 Å². The zero-order valence-electron chi connectivity index (χ0n) is 4.23. The molecule has 0 bridgehead atoms. The van der Waals surface area contributed by atoms with E-state index in [2.05, 4.69) is 0 Å². The molecular weight excluding hydrogens is 200 g/mol. The molecule has 1 nitrogen and oxygen atoms in total. The normalized spacial score (nSPS) is 8.67. The Kier molecular flexibility index (Phi) is 3.66. The molecule has 52 valence electrons. The molecule has 2 N–H and O–H groups in total. The summed E-state index contributed by atoms with van der Waals surface area (Å²) in [7, 11) is 0. The van der Waals surface area contributed by atoms with Gasteiger partial charge < -0.3 is 5.73 Å². The maximum atomic E-state index is 5.54. The molecule has 0 aliphatic heterocycles. The predicted molar refractivity (Wildman–Crippen MR) is 46.0 cm³/mol. The van der Waals surface area contributed by atoms with E-state index >= 15 is 0 Å². The quantitative estimate of drug-likeness (QED) is 0.691. The fourth-order valence-corrected chi connectivity index (χ4v) is 1.66. The molecule has 1 rings (SSSR count). The molecule has 0 atom stereocenters. The van der Waals surface area contributed by atoms with Crippen LogP contribution in [-0.2, 0) is 0 Å². The minimum absolute atomic E-state index is 0. The summed E-state index contributed by atoms with van der Waals surface area (Å²) < 4.78 is 1.20. The summed E-state index contributed by atoms with van der Waals surface area (Å²) >= 11 is 12.3. The zero-order chi connectivity index (χ0) is 6.15. The van der Waals surface area contributed by atoms with Crippen LogP contribution in [0.1, 0.15) is 0 Å². The Balaban J connectivity index is 0.000000640. The van der Waals surface area contributed by atoms with Crippen LogP contribution in [-0.4, -0.2) is 0 Å². The SMILES string of the molecule is Cl.Nc1cc(Cl)sc1Cl. The van der Waals surface area contributed by atoms with Crippen LogP contribution >= 0.6 is 46.9 Å². The first-order chi connectivity index (χ1) is 3.70. The lowest BCUT2D eigenvalue weighted by atomic mass is 10.6. The Morgan fingerprint density at radius 2 is 2.00 bits per heavy atom. The fraction of sp³-hybridized carbons (Fsp3) is 0. The van der Waals surface area contributed by atoms with Crippen molar-refractivity contribution in [1.82, 2.24) is 0 Å². The summed E-state index contributed by atoms with van der Waals surface area (Å²) in [6.45, 7) is 0. The Morgan fingerprint density at radius 3 is 2.11 bits per heavy atom. The van der Waals surface area contributed by atoms with Gasteiger partial charge in [-0.2, -0.15) is 0 Å². The molecule has 0 aliphatic carbocycles. The van der Waals surface area contributed by atoms with Gasteiger partial charge in [0, 0.05) is 0 Å². The van der Waals surface area contributed by atoms with Gasteiger partial charge in [0.2, 0.25) is 0 Å². The first kappa shape index (κ1) is 9.37. The second-order valence-electron chi connectivity index (χ2n) is 1.28. The van der Waals surface area contributed by atoms with Gasteiger partial charge in [-0.15, -0.1) is 23.7 Å². The highest BCUT2D eigenvalue weighted by Crippen LogP contribution is 2.32. The minimum Gasteiger partial charge on any atom is -0.397 e. The van der Waals surface area contributed by atoms with Gasteiger partial charge >= 0.3 is 0 Å². The third-order valence-electron chi connectivity index (χ3n) is 0.683. The molecule has 0 saturated carbocycles. The van der Waals surface area contributed by atoms with Crippen LogP contribution in [0.15, 0.2) is 6.07 Å². The van der Waals surface area contributed by atoms with Gasteiger partial charge in [0.15, 0.2) is 0 Å². The van der Waals surface area contributed by atoms with Crippen molar-refractivity contribution in [2.24, 2.45) is 0 Å². The van der Waals surface area contributed by atoms with Crippen molar-refractivity contribution in [3.8, 4) is 0 Å². The van der Waals surface area contributed by atoms with Crippen molar-refractivity contribution in [2.75, 3.05) is 5.73 Å². The number of nitrogens with two attached hydrogens (primary N) is 1. The highest BCUT2D eigenvalue weighted by Gasteiger charge is 1.98. The van der Waals surface area contributed by atoms with Crippen LogP contribution in [0.3, 0.4) is 0 Å². The molecule has 0 unspecified atom stereocenters. The largest absolute Gasteiger partial charge is 0.397 e. The van der Waals surface area contributed by atoms with Crippen LogP contribution < -0.4 is 5.73 Å². The van der Waals surface area contributed by atoms with Crippen LogP contribution in [0, 0.1) is 0 Å². The lowest BCUT2D eigenvalue weighted by Gasteiger charge is -1.77. The molecular formula is C4H4Cl3NS. The number of halogens is 3. The van der Waals surface area contributed by atoms with Gasteiger partial charge in [0.05, 0.1) is 10.0 Å². The highest BCUT2D eigenvalue weighted by molar-refractivity contribution is 7.20. The molecule has 5 heteroatoms. The molecule has 9 heavy (non-hydrogen) atoms. The molecule has 0 fully saturated rings. The van der Waals surface area contributed by atoms with Crippen molar-refractivity contribution in [3.05, 3.63) is 14.7 Å². The Hall–Kier alpha value is 0.370. The summed E-state index contributed by atoms with van der Waals surface area (Å²) in [6, 6.07) is 1.63. The van der Waals surface area contributed by atoms with Crippen molar-refractivity contribution in [2.45, 2.75) is 0 Å². The van der Waals surface area contributed by atoms with E-state index in [0.29, 0.717) is 14.4 Å². The first-order valence-corrected chi connectivity index (χ1v) is 3.47. The number of hydrogen-bond donors (Lipinski definition) is 1. The molecule has 0 radical (unpaired) electrons. The number of rotatable bonds is 0. The molecule has 0 aliphatic rings. The monoisotopic (exact) mass is 203 g/mol. The van der Waals surface area contributed by atoms with E-state index in [9.17, 15) is 0 Å². The molecule has 0 saturated heterocycles. The van der Waals surface area contributed by atoms with E-state index in [4.69, 9.17) is 28.9 Å². The van der Waals surface area contributed by atoms with E-state index in [1.165, 1.54) is 11.3 Å². The van der Waals surface area contributed by atoms with Crippen LogP contribution in [0.25, 0.3) is 0 Å². The highest BCUT2D eigenvalue weighted by atomic mass is 35.5. The summed E-state index contributed by atoms with van der Waals surface area (Å²) in [6.07, 6.45) is 0. The second kappa shape index (κ2) is 3.52. The molecule has 0 aromatic carbocycles. The summed E-state index contributed by atoms with van der Waals surface area (Å²) in [5.41, 5.74) is 5.89. The Labute approximate surface area is 73.2 Å². The maximum absolute atomic E-state index is 5.54. The average Bonchev–Trinajstić information content (AvgIpc) is 1.85.